The smallest absolute Gasteiger partial charge is 0.133 e. The zero-order valence-corrected chi connectivity index (χ0v) is 13.1. The van der Waals surface area contributed by atoms with E-state index >= 15 is 0 Å². The molecule has 1 aromatic carbocycles. The zero-order valence-electron chi connectivity index (χ0n) is 11.5. The van der Waals surface area contributed by atoms with E-state index in [1.165, 1.54) is 5.56 Å². The summed E-state index contributed by atoms with van der Waals surface area (Å²) in [4.78, 5) is 2.15. The van der Waals surface area contributed by atoms with Crippen molar-refractivity contribution in [2.45, 2.75) is 19.4 Å². The predicted octanol–water partition coefficient (Wildman–Crippen LogP) is 3.08. The first-order chi connectivity index (χ1) is 8.54. The third kappa shape index (κ3) is 3.46. The van der Waals surface area contributed by atoms with E-state index in [-0.39, 0.29) is 18.6 Å². The minimum Gasteiger partial charge on any atom is -0.496 e. The van der Waals surface area contributed by atoms with Gasteiger partial charge in [-0.15, -0.1) is 0 Å². The fourth-order valence-corrected chi connectivity index (χ4v) is 2.87. The van der Waals surface area contributed by atoms with Gasteiger partial charge in [0.15, 0.2) is 0 Å². The molecule has 4 heteroatoms. The lowest BCUT2D eigenvalue weighted by Crippen LogP contribution is -2.29. The molecular weight excluding hydrogens is 294 g/mol. The molecule has 2 atom stereocenters. The van der Waals surface area contributed by atoms with Crippen molar-refractivity contribution >= 4 is 15.9 Å². The molecule has 0 aliphatic heterocycles. The molecule has 3 nitrogen and oxygen atoms in total. The van der Waals surface area contributed by atoms with E-state index < -0.39 is 0 Å². The van der Waals surface area contributed by atoms with Crippen LogP contribution in [-0.4, -0.2) is 37.8 Å². The summed E-state index contributed by atoms with van der Waals surface area (Å²) in [6.07, 6.45) is 0.947. The second kappa shape index (κ2) is 7.12. The Bertz CT molecular complexity index is 378. The first-order valence-corrected chi connectivity index (χ1v) is 6.95. The van der Waals surface area contributed by atoms with Gasteiger partial charge in [0.05, 0.1) is 11.6 Å². The monoisotopic (exact) mass is 315 g/mol. The molecule has 0 aromatic heterocycles. The summed E-state index contributed by atoms with van der Waals surface area (Å²) < 4.78 is 6.19. The maximum Gasteiger partial charge on any atom is 0.133 e. The van der Waals surface area contributed by atoms with Crippen molar-refractivity contribution in [3.05, 3.63) is 28.2 Å². The van der Waals surface area contributed by atoms with Crippen molar-refractivity contribution in [1.82, 2.24) is 4.90 Å². The number of halogens is 1. The van der Waals surface area contributed by atoms with Crippen molar-refractivity contribution in [3.8, 4) is 5.75 Å². The Balaban J connectivity index is 3.10. The van der Waals surface area contributed by atoms with E-state index in [9.17, 15) is 5.11 Å². The highest BCUT2D eigenvalue weighted by atomic mass is 79.9. The third-order valence-corrected chi connectivity index (χ3v) is 3.90. The topological polar surface area (TPSA) is 32.7 Å². The van der Waals surface area contributed by atoms with Crippen LogP contribution in [0, 0.1) is 5.92 Å². The normalized spacial score (nSPS) is 14.6. The van der Waals surface area contributed by atoms with E-state index in [2.05, 4.69) is 39.9 Å². The molecule has 0 amide bonds. The van der Waals surface area contributed by atoms with Crippen LogP contribution < -0.4 is 4.74 Å². The number of ether oxygens (including phenoxy) is 1. The number of aliphatic hydroxyl groups excluding tert-OH is 1. The highest BCUT2D eigenvalue weighted by Crippen LogP contribution is 2.34. The van der Waals surface area contributed by atoms with Gasteiger partial charge in [-0.25, -0.2) is 0 Å². The van der Waals surface area contributed by atoms with E-state index in [4.69, 9.17) is 4.74 Å². The van der Waals surface area contributed by atoms with Crippen LogP contribution in [0.3, 0.4) is 0 Å². The molecule has 0 heterocycles. The van der Waals surface area contributed by atoms with Crippen molar-refractivity contribution in [2.75, 3.05) is 27.8 Å². The molecule has 0 aliphatic rings. The first-order valence-electron chi connectivity index (χ1n) is 6.15. The van der Waals surface area contributed by atoms with Gasteiger partial charge in [-0.05, 0) is 54.1 Å². The zero-order chi connectivity index (χ0) is 13.7. The van der Waals surface area contributed by atoms with Crippen molar-refractivity contribution in [1.29, 1.82) is 0 Å². The molecule has 0 saturated carbocycles. The summed E-state index contributed by atoms with van der Waals surface area (Å²) in [7, 11) is 5.74. The van der Waals surface area contributed by atoms with Gasteiger partial charge < -0.3 is 14.7 Å². The van der Waals surface area contributed by atoms with Crippen LogP contribution >= 0.6 is 15.9 Å². The molecule has 0 radical (unpaired) electrons. The summed E-state index contributed by atoms with van der Waals surface area (Å²) in [5, 5.41) is 9.51. The molecule has 0 aliphatic carbocycles. The fraction of sp³-hybridized carbons (Fsp3) is 0.571. The summed E-state index contributed by atoms with van der Waals surface area (Å²) in [6.45, 7) is 2.30. The Morgan fingerprint density at radius 3 is 2.44 bits per heavy atom. The Morgan fingerprint density at radius 2 is 2.06 bits per heavy atom. The highest BCUT2D eigenvalue weighted by Gasteiger charge is 2.23. The quantitative estimate of drug-likeness (QED) is 0.875. The lowest BCUT2D eigenvalue weighted by atomic mass is 9.90. The van der Waals surface area contributed by atoms with Crippen molar-refractivity contribution in [2.24, 2.45) is 5.92 Å². The number of rotatable bonds is 6. The van der Waals surface area contributed by atoms with Crippen molar-refractivity contribution < 1.29 is 9.84 Å². The lowest BCUT2D eigenvalue weighted by molar-refractivity contribution is 0.130. The number of methoxy groups -OCH3 is 1. The maximum atomic E-state index is 9.51. The minimum atomic E-state index is 0.197. The second-order valence-corrected chi connectivity index (χ2v) is 5.51. The van der Waals surface area contributed by atoms with Gasteiger partial charge in [-0.1, -0.05) is 13.0 Å². The van der Waals surface area contributed by atoms with Gasteiger partial charge in [0.2, 0.25) is 0 Å². The predicted molar refractivity (Wildman–Crippen MR) is 78.0 cm³/mol. The largest absolute Gasteiger partial charge is 0.496 e. The van der Waals surface area contributed by atoms with Gasteiger partial charge in [0, 0.05) is 18.6 Å². The summed E-state index contributed by atoms with van der Waals surface area (Å²) in [5.74, 6) is 1.06. The van der Waals surface area contributed by atoms with Crippen LogP contribution in [-0.2, 0) is 0 Å². The van der Waals surface area contributed by atoms with E-state index in [1.807, 2.05) is 20.2 Å². The molecular formula is C14H22BrNO2. The molecule has 1 N–H and O–H groups in total. The standard InChI is InChI=1S/C14H22BrNO2/c1-5-10(9-17)14(16(2)3)11-6-7-13(18-4)12(15)8-11/h6-8,10,14,17H,5,9H2,1-4H3. The average molecular weight is 316 g/mol. The second-order valence-electron chi connectivity index (χ2n) is 4.65. The lowest BCUT2D eigenvalue weighted by Gasteiger charge is -2.31. The summed E-state index contributed by atoms with van der Waals surface area (Å²) in [5.41, 5.74) is 1.19. The first kappa shape index (κ1) is 15.5. The number of hydrogen-bond acceptors (Lipinski definition) is 3. The number of hydrogen-bond donors (Lipinski definition) is 1. The molecule has 102 valence electrons. The minimum absolute atomic E-state index is 0.197. The average Bonchev–Trinajstić information content (AvgIpc) is 2.35. The van der Waals surface area contributed by atoms with Gasteiger partial charge in [-0.2, -0.15) is 0 Å². The molecule has 0 fully saturated rings. The fourth-order valence-electron chi connectivity index (χ4n) is 2.31. The number of benzene rings is 1. The van der Waals surface area contributed by atoms with Gasteiger partial charge in [-0.3, -0.25) is 0 Å². The molecule has 0 spiro atoms. The number of nitrogens with zero attached hydrogens (tertiary/aromatic N) is 1. The van der Waals surface area contributed by atoms with Crippen LogP contribution in [0.5, 0.6) is 5.75 Å². The van der Waals surface area contributed by atoms with Crippen molar-refractivity contribution in [3.63, 3.8) is 0 Å². The molecule has 0 saturated heterocycles. The van der Waals surface area contributed by atoms with Crippen LogP contribution in [0.1, 0.15) is 24.9 Å². The maximum absolute atomic E-state index is 9.51. The van der Waals surface area contributed by atoms with E-state index in [0.29, 0.717) is 0 Å². The van der Waals surface area contributed by atoms with Gasteiger partial charge >= 0.3 is 0 Å². The van der Waals surface area contributed by atoms with Gasteiger partial charge in [0.25, 0.3) is 0 Å². The Labute approximate surface area is 118 Å². The summed E-state index contributed by atoms with van der Waals surface area (Å²) in [6, 6.07) is 6.30. The number of aliphatic hydroxyl groups is 1. The van der Waals surface area contributed by atoms with Crippen LogP contribution in [0.2, 0.25) is 0 Å². The van der Waals surface area contributed by atoms with Crippen LogP contribution in [0.25, 0.3) is 0 Å². The van der Waals surface area contributed by atoms with Crippen LogP contribution in [0.15, 0.2) is 22.7 Å². The molecule has 1 rings (SSSR count). The van der Waals surface area contributed by atoms with Gasteiger partial charge in [0.1, 0.15) is 5.75 Å². The molecule has 1 aromatic rings. The Morgan fingerprint density at radius 1 is 1.39 bits per heavy atom. The van der Waals surface area contributed by atoms with Crippen LogP contribution in [0.4, 0.5) is 0 Å². The molecule has 18 heavy (non-hydrogen) atoms. The SMILES string of the molecule is CCC(CO)C(c1ccc(OC)c(Br)c1)N(C)C. The third-order valence-electron chi connectivity index (χ3n) is 3.28. The summed E-state index contributed by atoms with van der Waals surface area (Å²) >= 11 is 3.51. The highest BCUT2D eigenvalue weighted by molar-refractivity contribution is 9.10. The van der Waals surface area contributed by atoms with E-state index in [0.717, 1.165) is 16.6 Å². The Hall–Kier alpha value is -0.580. The molecule has 0 bridgehead atoms. The van der Waals surface area contributed by atoms with E-state index in [1.54, 1.807) is 7.11 Å². The Kier molecular flexibility index (Phi) is 6.12. The molecule has 2 unspecified atom stereocenters.